The van der Waals surface area contributed by atoms with Gasteiger partial charge in [0.15, 0.2) is 10.9 Å². The van der Waals surface area contributed by atoms with Crippen molar-refractivity contribution < 1.29 is 24.2 Å². The Labute approximate surface area is 186 Å². The third-order valence-corrected chi connectivity index (χ3v) is 6.96. The summed E-state index contributed by atoms with van der Waals surface area (Å²) >= 11 is 2.21. The van der Waals surface area contributed by atoms with Gasteiger partial charge >= 0.3 is 5.97 Å². The molecule has 1 unspecified atom stereocenters. The van der Waals surface area contributed by atoms with Gasteiger partial charge in [0, 0.05) is 0 Å². The number of thiazole rings is 1. The molecule has 9 heteroatoms. The maximum Gasteiger partial charge on any atom is 0.350 e. The number of benzene rings is 1. The lowest BCUT2D eigenvalue weighted by atomic mass is 9.95. The molecule has 0 saturated carbocycles. The number of aryl methyl sites for hydroxylation is 2. The predicted molar refractivity (Wildman–Crippen MR) is 118 cm³/mol. The molecule has 1 aliphatic heterocycles. The van der Waals surface area contributed by atoms with Crippen LogP contribution in [0.15, 0.2) is 53.1 Å². The molecule has 7 nitrogen and oxygen atoms in total. The van der Waals surface area contributed by atoms with Crippen LogP contribution in [-0.2, 0) is 9.53 Å². The largest absolute Gasteiger partial charge is 0.503 e. The molecule has 0 saturated heterocycles. The van der Waals surface area contributed by atoms with Gasteiger partial charge in [-0.05, 0) is 30.9 Å². The zero-order valence-electron chi connectivity index (χ0n) is 16.9. The molecule has 0 spiro atoms. The summed E-state index contributed by atoms with van der Waals surface area (Å²) in [6.07, 6.45) is 0. The summed E-state index contributed by atoms with van der Waals surface area (Å²) < 4.78 is 4.79. The first-order chi connectivity index (χ1) is 14.8. The van der Waals surface area contributed by atoms with E-state index in [9.17, 15) is 19.5 Å². The molecular formula is C22H18N2O5S2. The monoisotopic (exact) mass is 454 g/mol. The number of amides is 1. The molecule has 3 heterocycles. The number of ketones is 1. The van der Waals surface area contributed by atoms with E-state index in [1.54, 1.807) is 24.4 Å². The number of aromatic nitrogens is 1. The number of aliphatic hydroxyl groups excluding tert-OH is 1. The Morgan fingerprint density at radius 1 is 1.16 bits per heavy atom. The Morgan fingerprint density at radius 3 is 2.48 bits per heavy atom. The van der Waals surface area contributed by atoms with Gasteiger partial charge in [-0.15, -0.1) is 11.3 Å². The lowest BCUT2D eigenvalue weighted by Gasteiger charge is -2.24. The first kappa shape index (κ1) is 21.0. The maximum atomic E-state index is 13.2. The average Bonchev–Trinajstić information content (AvgIpc) is 3.47. The number of anilines is 1. The summed E-state index contributed by atoms with van der Waals surface area (Å²) in [5, 5.41) is 12.7. The fraction of sp³-hybridized carbons (Fsp3) is 0.182. The van der Waals surface area contributed by atoms with Crippen LogP contribution in [0.3, 0.4) is 0 Å². The number of hydrogen-bond acceptors (Lipinski definition) is 8. The molecule has 1 aromatic carbocycles. The van der Waals surface area contributed by atoms with Gasteiger partial charge in [-0.25, -0.2) is 9.78 Å². The second kappa shape index (κ2) is 8.09. The number of rotatable bonds is 5. The fourth-order valence-electron chi connectivity index (χ4n) is 3.41. The third-order valence-electron chi connectivity index (χ3n) is 4.95. The minimum atomic E-state index is -0.876. The quantitative estimate of drug-likeness (QED) is 0.454. The van der Waals surface area contributed by atoms with Gasteiger partial charge in [-0.1, -0.05) is 47.2 Å². The van der Waals surface area contributed by atoms with E-state index in [1.807, 2.05) is 31.2 Å². The Morgan fingerprint density at radius 2 is 1.87 bits per heavy atom. The second-order valence-corrected chi connectivity index (χ2v) is 8.88. The molecule has 1 N–H and O–H groups in total. The smallest absolute Gasteiger partial charge is 0.350 e. The van der Waals surface area contributed by atoms with Gasteiger partial charge < -0.3 is 9.84 Å². The molecule has 1 atom stereocenters. The van der Waals surface area contributed by atoms with Crippen molar-refractivity contribution in [2.24, 2.45) is 0 Å². The average molecular weight is 455 g/mol. The van der Waals surface area contributed by atoms with Gasteiger partial charge in [0.1, 0.15) is 4.88 Å². The molecule has 0 bridgehead atoms. The van der Waals surface area contributed by atoms with Crippen LogP contribution in [0.5, 0.6) is 0 Å². The number of carbonyl (C=O) groups excluding carboxylic acids is 3. The van der Waals surface area contributed by atoms with Crippen LogP contribution in [0.4, 0.5) is 5.13 Å². The molecule has 0 fully saturated rings. The molecule has 2 aromatic heterocycles. The van der Waals surface area contributed by atoms with E-state index in [0.29, 0.717) is 16.1 Å². The molecule has 0 aliphatic carbocycles. The van der Waals surface area contributed by atoms with Crippen molar-refractivity contribution in [3.8, 4) is 0 Å². The van der Waals surface area contributed by atoms with E-state index in [-0.39, 0.29) is 15.6 Å². The van der Waals surface area contributed by atoms with E-state index in [0.717, 1.165) is 16.9 Å². The molecule has 4 rings (SSSR count). The van der Waals surface area contributed by atoms with Crippen molar-refractivity contribution >= 4 is 45.5 Å². The van der Waals surface area contributed by atoms with Crippen LogP contribution < -0.4 is 4.90 Å². The number of esters is 1. The number of ether oxygens (including phenoxy) is 1. The lowest BCUT2D eigenvalue weighted by Crippen LogP contribution is -2.31. The molecule has 0 radical (unpaired) electrons. The number of hydrogen-bond donors (Lipinski definition) is 1. The molecule has 1 amide bonds. The van der Waals surface area contributed by atoms with E-state index < -0.39 is 29.5 Å². The first-order valence-corrected chi connectivity index (χ1v) is 11.0. The number of Topliss-reactive ketones (excluding diaryl/α,β-unsaturated/α-hetero) is 1. The molecular weight excluding hydrogens is 436 g/mol. The Kier molecular flexibility index (Phi) is 5.47. The van der Waals surface area contributed by atoms with Crippen LogP contribution >= 0.6 is 22.7 Å². The first-order valence-electron chi connectivity index (χ1n) is 9.30. The number of carbonyl (C=O) groups is 3. The van der Waals surface area contributed by atoms with Crippen molar-refractivity contribution in [3.05, 3.63) is 79.7 Å². The summed E-state index contributed by atoms with van der Waals surface area (Å²) in [6.45, 7) is 3.57. The van der Waals surface area contributed by atoms with Crippen molar-refractivity contribution in [2.45, 2.75) is 19.9 Å². The summed E-state index contributed by atoms with van der Waals surface area (Å²) in [5.41, 5.74) is 2.05. The fourth-order valence-corrected chi connectivity index (χ4v) is 5.10. The number of methoxy groups -OCH3 is 1. The van der Waals surface area contributed by atoms with Crippen molar-refractivity contribution in [3.63, 3.8) is 0 Å². The summed E-state index contributed by atoms with van der Waals surface area (Å²) in [7, 11) is 1.27. The second-order valence-electron chi connectivity index (χ2n) is 6.96. The third kappa shape index (κ3) is 3.55. The molecule has 31 heavy (non-hydrogen) atoms. The van der Waals surface area contributed by atoms with Crippen molar-refractivity contribution in [2.75, 3.05) is 12.0 Å². The van der Waals surface area contributed by atoms with E-state index in [2.05, 4.69) is 4.98 Å². The minimum absolute atomic E-state index is 0.0104. The molecule has 158 valence electrons. The maximum absolute atomic E-state index is 13.2. The van der Waals surface area contributed by atoms with E-state index in [4.69, 9.17) is 4.74 Å². The minimum Gasteiger partial charge on any atom is -0.503 e. The van der Waals surface area contributed by atoms with Gasteiger partial charge in [-0.2, -0.15) is 0 Å². The zero-order chi connectivity index (χ0) is 22.3. The lowest BCUT2D eigenvalue weighted by molar-refractivity contribution is -0.117. The van der Waals surface area contributed by atoms with Crippen LogP contribution in [0, 0.1) is 13.8 Å². The van der Waals surface area contributed by atoms with E-state index in [1.165, 1.54) is 23.3 Å². The summed E-state index contributed by atoms with van der Waals surface area (Å²) in [4.78, 5) is 44.7. The Bertz CT molecular complexity index is 1210. The van der Waals surface area contributed by atoms with Crippen molar-refractivity contribution in [1.82, 2.24) is 4.98 Å². The Balaban J connectivity index is 1.87. The number of aliphatic hydroxyl groups is 1. The zero-order valence-corrected chi connectivity index (χ0v) is 18.5. The summed E-state index contributed by atoms with van der Waals surface area (Å²) in [6, 6.07) is 9.86. The summed E-state index contributed by atoms with van der Waals surface area (Å²) in [5.74, 6) is -2.34. The standard InChI is InChI=1S/C22H18N2O5S2/c1-11-6-8-13(9-7-11)16-15(17(25)14-5-4-10-30-14)18(26)20(27)24(16)22-23-12(2)19(31-22)21(28)29-3/h4-10,16,26H,1-3H3. The Hall–Kier alpha value is -3.30. The number of nitrogens with zero attached hydrogens (tertiary/aromatic N) is 2. The predicted octanol–water partition coefficient (Wildman–Crippen LogP) is 4.39. The van der Waals surface area contributed by atoms with Crippen molar-refractivity contribution in [1.29, 1.82) is 0 Å². The van der Waals surface area contributed by atoms with Crippen LogP contribution in [0.25, 0.3) is 0 Å². The number of thiophene rings is 1. The van der Waals surface area contributed by atoms with Gasteiger partial charge in [0.05, 0.1) is 29.3 Å². The van der Waals surface area contributed by atoms with Gasteiger partial charge in [-0.3, -0.25) is 14.5 Å². The van der Waals surface area contributed by atoms with Crippen LogP contribution in [0.1, 0.15) is 42.2 Å². The highest BCUT2D eigenvalue weighted by Crippen LogP contribution is 2.44. The topological polar surface area (TPSA) is 96.8 Å². The van der Waals surface area contributed by atoms with Crippen LogP contribution in [0.2, 0.25) is 0 Å². The normalized spacial score (nSPS) is 16.2. The van der Waals surface area contributed by atoms with Gasteiger partial charge in [0.25, 0.3) is 5.91 Å². The SMILES string of the molecule is COC(=O)c1sc(N2C(=O)C(O)=C(C(=O)c3cccs3)C2c2ccc(C)cc2)nc1C. The van der Waals surface area contributed by atoms with E-state index >= 15 is 0 Å². The molecule has 3 aromatic rings. The molecule has 1 aliphatic rings. The highest BCUT2D eigenvalue weighted by atomic mass is 32.1. The van der Waals surface area contributed by atoms with Crippen LogP contribution in [-0.4, -0.2) is 34.9 Å². The highest BCUT2D eigenvalue weighted by Gasteiger charge is 2.46. The highest BCUT2D eigenvalue weighted by molar-refractivity contribution is 7.17. The van der Waals surface area contributed by atoms with Gasteiger partial charge in [0.2, 0.25) is 5.78 Å².